The Morgan fingerprint density at radius 3 is 2.49 bits per heavy atom. The van der Waals surface area contributed by atoms with Gasteiger partial charge in [0.25, 0.3) is 5.91 Å². The number of carbonyl (C=O) groups excluding carboxylic acids is 2. The number of rotatable bonds is 12. The number of halogens is 1. The van der Waals surface area contributed by atoms with Gasteiger partial charge in [-0.25, -0.2) is 15.2 Å². The third-order valence-corrected chi connectivity index (χ3v) is 7.16. The average molecular weight is 685 g/mol. The van der Waals surface area contributed by atoms with Crippen LogP contribution in [0.1, 0.15) is 35.3 Å². The topological polar surface area (TPSA) is 111 Å². The van der Waals surface area contributed by atoms with Crippen molar-refractivity contribution in [3.8, 4) is 22.8 Å². The lowest BCUT2D eigenvalue weighted by molar-refractivity contribution is -0.145. The highest BCUT2D eigenvalue weighted by Crippen LogP contribution is 2.34. The Bertz CT molecular complexity index is 1520. The zero-order valence-electron chi connectivity index (χ0n) is 22.8. The van der Waals surface area contributed by atoms with Gasteiger partial charge in [-0.3, -0.25) is 4.79 Å². The fraction of sp³-hybridized carbons (Fsp3) is 0.200. The monoisotopic (exact) mass is 684 g/mol. The summed E-state index contributed by atoms with van der Waals surface area (Å²) in [7, 11) is 0. The standard InChI is InChI=1S/C30H29IN4O5S/c1-4-38-26-15-20(14-24(31)28(26)40-17-27(36)39-5-2)16-32-35-29(37)22-10-8-21(9-11-22)25-18-41-30(34-25)33-23-12-6-19(3)7-13-23/h6-16,18H,4-5,17H2,1-3H3,(H,33,34)(H,35,37)/b32-16-. The summed E-state index contributed by atoms with van der Waals surface area (Å²) in [6.07, 6.45) is 1.52. The summed E-state index contributed by atoms with van der Waals surface area (Å²) in [5, 5.41) is 10.2. The maximum absolute atomic E-state index is 12.7. The number of amides is 1. The van der Waals surface area contributed by atoms with E-state index in [2.05, 4.69) is 43.4 Å². The highest BCUT2D eigenvalue weighted by atomic mass is 127. The van der Waals surface area contributed by atoms with Crippen LogP contribution in [0.2, 0.25) is 0 Å². The van der Waals surface area contributed by atoms with Crippen LogP contribution in [0.5, 0.6) is 11.5 Å². The molecule has 0 aliphatic heterocycles. The molecule has 212 valence electrons. The number of anilines is 2. The number of aromatic nitrogens is 1. The molecule has 1 aromatic heterocycles. The van der Waals surface area contributed by atoms with E-state index in [1.165, 1.54) is 23.1 Å². The van der Waals surface area contributed by atoms with Crippen LogP contribution in [0.25, 0.3) is 11.3 Å². The van der Waals surface area contributed by atoms with Gasteiger partial charge in [-0.15, -0.1) is 11.3 Å². The molecule has 0 radical (unpaired) electrons. The van der Waals surface area contributed by atoms with E-state index in [1.54, 1.807) is 25.1 Å². The number of aryl methyl sites for hydroxylation is 1. The summed E-state index contributed by atoms with van der Waals surface area (Å²) < 4.78 is 17.0. The van der Waals surface area contributed by atoms with Crippen LogP contribution in [0.15, 0.2) is 71.1 Å². The third kappa shape index (κ3) is 8.51. The molecule has 0 saturated heterocycles. The summed E-state index contributed by atoms with van der Waals surface area (Å²) in [6.45, 7) is 6.10. The van der Waals surface area contributed by atoms with E-state index in [0.717, 1.165) is 25.6 Å². The molecule has 0 unspecified atom stereocenters. The number of nitrogens with one attached hydrogen (secondary N) is 2. The second-order valence-corrected chi connectivity index (χ2v) is 10.7. The molecule has 2 N–H and O–H groups in total. The van der Waals surface area contributed by atoms with E-state index in [0.29, 0.717) is 29.2 Å². The minimum atomic E-state index is -0.460. The molecule has 3 aromatic carbocycles. The smallest absolute Gasteiger partial charge is 0.344 e. The number of esters is 1. The largest absolute Gasteiger partial charge is 0.490 e. The SMILES string of the molecule is CCOC(=O)COc1c(I)cc(/C=N\NC(=O)c2ccc(-c3csc(Nc4ccc(C)cc4)n3)cc2)cc1OCC. The normalized spacial score (nSPS) is 10.8. The second-order valence-electron chi connectivity index (χ2n) is 8.66. The van der Waals surface area contributed by atoms with Crippen LogP contribution in [0, 0.1) is 10.5 Å². The lowest BCUT2D eigenvalue weighted by Gasteiger charge is -2.14. The van der Waals surface area contributed by atoms with Crippen molar-refractivity contribution in [2.75, 3.05) is 25.1 Å². The van der Waals surface area contributed by atoms with E-state index < -0.39 is 5.97 Å². The number of hydrogen-bond acceptors (Lipinski definition) is 9. The summed E-state index contributed by atoms with van der Waals surface area (Å²) in [4.78, 5) is 29.0. The molecule has 4 aromatic rings. The maximum Gasteiger partial charge on any atom is 0.344 e. The van der Waals surface area contributed by atoms with E-state index in [4.69, 9.17) is 14.2 Å². The summed E-state index contributed by atoms with van der Waals surface area (Å²) in [6, 6.07) is 18.8. The average Bonchev–Trinajstić information content (AvgIpc) is 3.43. The molecule has 11 heteroatoms. The van der Waals surface area contributed by atoms with E-state index in [1.807, 2.05) is 61.7 Å². The van der Waals surface area contributed by atoms with Crippen molar-refractivity contribution in [2.45, 2.75) is 20.8 Å². The first kappa shape index (κ1) is 30.0. The van der Waals surface area contributed by atoms with E-state index in [9.17, 15) is 9.59 Å². The number of carbonyl (C=O) groups is 2. The van der Waals surface area contributed by atoms with Gasteiger partial charge in [-0.1, -0.05) is 29.8 Å². The van der Waals surface area contributed by atoms with Crippen LogP contribution in [0.4, 0.5) is 10.8 Å². The highest BCUT2D eigenvalue weighted by molar-refractivity contribution is 14.1. The Morgan fingerprint density at radius 2 is 1.78 bits per heavy atom. The summed E-state index contributed by atoms with van der Waals surface area (Å²) in [5.74, 6) is 0.104. The number of ether oxygens (including phenoxy) is 3. The minimum absolute atomic E-state index is 0.222. The zero-order chi connectivity index (χ0) is 29.2. The molecule has 0 saturated carbocycles. The maximum atomic E-state index is 12.7. The molecule has 0 aliphatic carbocycles. The fourth-order valence-electron chi connectivity index (χ4n) is 3.65. The van der Waals surface area contributed by atoms with Crippen LogP contribution < -0.4 is 20.2 Å². The van der Waals surface area contributed by atoms with Crippen LogP contribution >= 0.6 is 33.9 Å². The summed E-state index contributed by atoms with van der Waals surface area (Å²) >= 11 is 3.61. The van der Waals surface area contributed by atoms with Crippen molar-refractivity contribution in [1.82, 2.24) is 10.4 Å². The van der Waals surface area contributed by atoms with Crippen molar-refractivity contribution in [3.05, 3.63) is 86.3 Å². The van der Waals surface area contributed by atoms with Crippen molar-refractivity contribution in [1.29, 1.82) is 0 Å². The molecular formula is C30H29IN4O5S. The number of thiazole rings is 1. The molecule has 0 aliphatic rings. The van der Waals surface area contributed by atoms with E-state index >= 15 is 0 Å². The number of benzene rings is 3. The predicted octanol–water partition coefficient (Wildman–Crippen LogP) is 6.57. The number of nitrogens with zero attached hydrogens (tertiary/aromatic N) is 2. The van der Waals surface area contributed by atoms with Crippen LogP contribution in [0.3, 0.4) is 0 Å². The van der Waals surface area contributed by atoms with Crippen molar-refractivity contribution in [3.63, 3.8) is 0 Å². The highest BCUT2D eigenvalue weighted by Gasteiger charge is 2.14. The Labute approximate surface area is 256 Å². The van der Waals surface area contributed by atoms with Gasteiger partial charge in [0.2, 0.25) is 0 Å². The molecule has 1 amide bonds. The van der Waals surface area contributed by atoms with Gasteiger partial charge < -0.3 is 19.5 Å². The Kier molecular flexibility index (Phi) is 10.7. The molecule has 0 atom stereocenters. The van der Waals surface area contributed by atoms with Crippen molar-refractivity contribution in [2.24, 2.45) is 5.10 Å². The van der Waals surface area contributed by atoms with Crippen LogP contribution in [-0.4, -0.2) is 42.9 Å². The first-order valence-corrected chi connectivity index (χ1v) is 14.8. The van der Waals surface area contributed by atoms with Gasteiger partial charge in [0, 0.05) is 22.2 Å². The molecular weight excluding hydrogens is 655 g/mol. The van der Waals surface area contributed by atoms with Gasteiger partial charge in [0.05, 0.1) is 28.7 Å². The van der Waals surface area contributed by atoms with Crippen molar-refractivity contribution >= 4 is 62.8 Å². The first-order valence-electron chi connectivity index (χ1n) is 12.8. The fourth-order valence-corrected chi connectivity index (χ4v) is 5.17. The van der Waals surface area contributed by atoms with Gasteiger partial charge in [0.1, 0.15) is 0 Å². The first-order chi connectivity index (χ1) is 19.9. The lowest BCUT2D eigenvalue weighted by atomic mass is 10.1. The van der Waals surface area contributed by atoms with Gasteiger partial charge >= 0.3 is 5.97 Å². The second kappa shape index (κ2) is 14.6. The molecule has 9 nitrogen and oxygen atoms in total. The number of hydrazone groups is 1. The molecule has 0 bridgehead atoms. The third-order valence-electron chi connectivity index (χ3n) is 5.60. The Hall–Kier alpha value is -3.97. The Morgan fingerprint density at radius 1 is 1.02 bits per heavy atom. The zero-order valence-corrected chi connectivity index (χ0v) is 25.7. The molecule has 0 spiro atoms. The lowest BCUT2D eigenvalue weighted by Crippen LogP contribution is -2.17. The quantitative estimate of drug-likeness (QED) is 0.0752. The molecule has 1 heterocycles. The predicted molar refractivity (Wildman–Crippen MR) is 170 cm³/mol. The van der Waals surface area contributed by atoms with Crippen molar-refractivity contribution < 1.29 is 23.8 Å². The van der Waals surface area contributed by atoms with E-state index in [-0.39, 0.29) is 19.1 Å². The number of hydrogen-bond donors (Lipinski definition) is 2. The molecule has 41 heavy (non-hydrogen) atoms. The van der Waals surface area contributed by atoms with Crippen LogP contribution in [-0.2, 0) is 9.53 Å². The summed E-state index contributed by atoms with van der Waals surface area (Å²) in [5.41, 5.74) is 7.61. The Balaban J connectivity index is 1.36. The van der Waals surface area contributed by atoms with Gasteiger partial charge in [0.15, 0.2) is 23.2 Å². The minimum Gasteiger partial charge on any atom is -0.490 e. The molecule has 4 rings (SSSR count). The van der Waals surface area contributed by atoms with Gasteiger partial charge in [-0.05, 0) is 85.3 Å². The molecule has 0 fully saturated rings. The van der Waals surface area contributed by atoms with Gasteiger partial charge in [-0.2, -0.15) is 5.10 Å².